The number of nitriles is 1. The zero-order valence-electron chi connectivity index (χ0n) is 9.56. The zero-order valence-corrected chi connectivity index (χ0v) is 9.56. The second-order valence-corrected chi connectivity index (χ2v) is 4.24. The van der Waals surface area contributed by atoms with Crippen LogP contribution in [0.4, 0.5) is 0 Å². The maximum atomic E-state index is 9.02. The van der Waals surface area contributed by atoms with Gasteiger partial charge in [-0.25, -0.2) is 0 Å². The first kappa shape index (κ1) is 11.1. The molecule has 0 aromatic heterocycles. The molecular weight excluding hydrogens is 198 g/mol. The fourth-order valence-electron chi connectivity index (χ4n) is 2.47. The van der Waals surface area contributed by atoms with Crippen molar-refractivity contribution in [2.75, 3.05) is 13.1 Å². The van der Waals surface area contributed by atoms with Crippen LogP contribution in [0.15, 0.2) is 24.3 Å². The van der Waals surface area contributed by atoms with Crippen LogP contribution < -0.4 is 5.73 Å². The second-order valence-electron chi connectivity index (χ2n) is 4.24. The van der Waals surface area contributed by atoms with E-state index in [0.29, 0.717) is 6.54 Å². The van der Waals surface area contributed by atoms with E-state index in [-0.39, 0.29) is 12.1 Å². The van der Waals surface area contributed by atoms with E-state index in [2.05, 4.69) is 29.2 Å². The molecule has 16 heavy (non-hydrogen) atoms. The van der Waals surface area contributed by atoms with Gasteiger partial charge in [-0.05, 0) is 24.5 Å². The van der Waals surface area contributed by atoms with E-state index in [1.807, 2.05) is 13.0 Å². The van der Waals surface area contributed by atoms with E-state index in [9.17, 15) is 0 Å². The Labute approximate surface area is 96.5 Å². The normalized spacial score (nSPS) is 22.2. The third-order valence-electron chi connectivity index (χ3n) is 3.36. The van der Waals surface area contributed by atoms with Crippen LogP contribution >= 0.6 is 0 Å². The Morgan fingerprint density at radius 3 is 3.00 bits per heavy atom. The number of benzene rings is 1. The molecule has 0 saturated carbocycles. The van der Waals surface area contributed by atoms with Crippen molar-refractivity contribution >= 4 is 0 Å². The summed E-state index contributed by atoms with van der Waals surface area (Å²) in [5, 5.41) is 9.02. The van der Waals surface area contributed by atoms with Crippen LogP contribution in [0.25, 0.3) is 0 Å². The average Bonchev–Trinajstić information content (AvgIpc) is 2.36. The molecule has 2 N–H and O–H groups in total. The Balaban J connectivity index is 2.34. The van der Waals surface area contributed by atoms with Gasteiger partial charge in [0.2, 0.25) is 0 Å². The van der Waals surface area contributed by atoms with Crippen LogP contribution in [-0.4, -0.2) is 24.0 Å². The zero-order chi connectivity index (χ0) is 11.5. The predicted octanol–water partition coefficient (Wildman–Crippen LogP) is 1.46. The lowest BCUT2D eigenvalue weighted by Crippen LogP contribution is -2.43. The Morgan fingerprint density at radius 2 is 2.31 bits per heavy atom. The quantitative estimate of drug-likeness (QED) is 0.812. The lowest BCUT2D eigenvalue weighted by molar-refractivity contribution is 0.166. The van der Waals surface area contributed by atoms with E-state index in [4.69, 9.17) is 11.0 Å². The van der Waals surface area contributed by atoms with Gasteiger partial charge in [0.25, 0.3) is 0 Å². The minimum absolute atomic E-state index is 0.0677. The highest BCUT2D eigenvalue weighted by atomic mass is 15.2. The number of rotatable bonds is 2. The lowest BCUT2D eigenvalue weighted by Gasteiger charge is -2.38. The molecule has 0 aliphatic carbocycles. The highest BCUT2D eigenvalue weighted by Gasteiger charge is 2.28. The van der Waals surface area contributed by atoms with E-state index >= 15 is 0 Å². The standard InChI is InChI=1S/C13H17N3/c1-10(8-14)16-7-6-11-4-2-3-5-12(11)13(16)9-15/h2-5,10,13H,6-7,9,15H2,1H3. The first-order chi connectivity index (χ1) is 7.77. The highest BCUT2D eigenvalue weighted by Crippen LogP contribution is 2.30. The molecule has 2 rings (SSSR count). The topological polar surface area (TPSA) is 53.0 Å². The van der Waals surface area contributed by atoms with Crippen molar-refractivity contribution in [3.05, 3.63) is 35.4 Å². The smallest absolute Gasteiger partial charge is 0.0954 e. The number of nitrogens with two attached hydrogens (primary N) is 1. The number of fused-ring (bicyclic) bond motifs is 1. The van der Waals surface area contributed by atoms with Gasteiger partial charge in [-0.3, -0.25) is 4.90 Å². The van der Waals surface area contributed by atoms with Crippen LogP contribution in [0.1, 0.15) is 24.1 Å². The van der Waals surface area contributed by atoms with E-state index < -0.39 is 0 Å². The molecule has 0 amide bonds. The van der Waals surface area contributed by atoms with E-state index in [1.165, 1.54) is 11.1 Å². The molecule has 2 unspecified atom stereocenters. The maximum absolute atomic E-state index is 9.02. The van der Waals surface area contributed by atoms with Gasteiger partial charge in [0, 0.05) is 19.1 Å². The number of hydrogen-bond acceptors (Lipinski definition) is 3. The molecule has 0 radical (unpaired) electrons. The highest BCUT2D eigenvalue weighted by molar-refractivity contribution is 5.33. The summed E-state index contributed by atoms with van der Waals surface area (Å²) >= 11 is 0. The molecule has 3 nitrogen and oxygen atoms in total. The first-order valence-electron chi connectivity index (χ1n) is 5.71. The van der Waals surface area contributed by atoms with Gasteiger partial charge >= 0.3 is 0 Å². The summed E-state index contributed by atoms with van der Waals surface area (Å²) in [5.74, 6) is 0. The van der Waals surface area contributed by atoms with Gasteiger partial charge in [0.05, 0.1) is 12.1 Å². The largest absolute Gasteiger partial charge is 0.329 e. The number of hydrogen-bond donors (Lipinski definition) is 1. The van der Waals surface area contributed by atoms with Crippen molar-refractivity contribution in [1.82, 2.24) is 4.90 Å². The summed E-state index contributed by atoms with van der Waals surface area (Å²) in [7, 11) is 0. The van der Waals surface area contributed by atoms with Crippen molar-refractivity contribution in [3.8, 4) is 6.07 Å². The van der Waals surface area contributed by atoms with E-state index in [0.717, 1.165) is 13.0 Å². The molecule has 0 bridgehead atoms. The Bertz CT molecular complexity index is 408. The minimum Gasteiger partial charge on any atom is -0.329 e. The van der Waals surface area contributed by atoms with Gasteiger partial charge in [0.1, 0.15) is 0 Å². The molecule has 84 valence electrons. The number of nitrogens with zero attached hydrogens (tertiary/aromatic N) is 2. The van der Waals surface area contributed by atoms with Crippen molar-refractivity contribution in [2.24, 2.45) is 5.73 Å². The summed E-state index contributed by atoms with van der Waals surface area (Å²) in [5.41, 5.74) is 8.51. The molecule has 1 aliphatic heterocycles. The van der Waals surface area contributed by atoms with Crippen LogP contribution in [0.5, 0.6) is 0 Å². The van der Waals surface area contributed by atoms with Crippen LogP contribution in [0, 0.1) is 11.3 Å². The molecule has 1 aromatic rings. The minimum atomic E-state index is -0.0677. The van der Waals surface area contributed by atoms with Crippen LogP contribution in [0.2, 0.25) is 0 Å². The van der Waals surface area contributed by atoms with Crippen LogP contribution in [0.3, 0.4) is 0 Å². The van der Waals surface area contributed by atoms with Crippen molar-refractivity contribution in [3.63, 3.8) is 0 Å². The molecule has 0 fully saturated rings. The van der Waals surface area contributed by atoms with Crippen molar-refractivity contribution < 1.29 is 0 Å². The van der Waals surface area contributed by atoms with Gasteiger partial charge in [0.15, 0.2) is 0 Å². The molecule has 1 heterocycles. The molecule has 3 heteroatoms. The third kappa shape index (κ3) is 1.82. The van der Waals surface area contributed by atoms with Gasteiger partial charge in [-0.2, -0.15) is 5.26 Å². The second kappa shape index (κ2) is 4.65. The summed E-state index contributed by atoms with van der Waals surface area (Å²) in [6.07, 6.45) is 1.01. The van der Waals surface area contributed by atoms with Gasteiger partial charge in [-0.15, -0.1) is 0 Å². The van der Waals surface area contributed by atoms with Crippen molar-refractivity contribution in [1.29, 1.82) is 5.26 Å². The molecule has 0 spiro atoms. The predicted molar refractivity (Wildman–Crippen MR) is 63.7 cm³/mol. The van der Waals surface area contributed by atoms with Crippen molar-refractivity contribution in [2.45, 2.75) is 25.4 Å². The Kier molecular flexibility index (Phi) is 3.23. The van der Waals surface area contributed by atoms with Gasteiger partial charge < -0.3 is 5.73 Å². The van der Waals surface area contributed by atoms with Gasteiger partial charge in [-0.1, -0.05) is 24.3 Å². The third-order valence-corrected chi connectivity index (χ3v) is 3.36. The lowest BCUT2D eigenvalue weighted by atomic mass is 9.91. The first-order valence-corrected chi connectivity index (χ1v) is 5.71. The Hall–Kier alpha value is -1.37. The summed E-state index contributed by atoms with van der Waals surface area (Å²) in [6.45, 7) is 3.44. The molecule has 1 aliphatic rings. The molecule has 0 saturated heterocycles. The Morgan fingerprint density at radius 1 is 1.56 bits per heavy atom. The monoisotopic (exact) mass is 215 g/mol. The maximum Gasteiger partial charge on any atom is 0.0954 e. The fourth-order valence-corrected chi connectivity index (χ4v) is 2.47. The average molecular weight is 215 g/mol. The summed E-state index contributed by atoms with van der Waals surface area (Å²) in [4.78, 5) is 2.20. The van der Waals surface area contributed by atoms with E-state index in [1.54, 1.807) is 0 Å². The van der Waals surface area contributed by atoms with Crippen LogP contribution in [-0.2, 0) is 6.42 Å². The molecule has 2 atom stereocenters. The fraction of sp³-hybridized carbons (Fsp3) is 0.462. The molecule has 1 aromatic carbocycles. The molecular formula is C13H17N3. The summed E-state index contributed by atoms with van der Waals surface area (Å²) in [6, 6.07) is 10.8. The SMILES string of the molecule is CC(C#N)N1CCc2ccccc2C1CN. The summed E-state index contributed by atoms with van der Waals surface area (Å²) < 4.78 is 0.